The van der Waals surface area contributed by atoms with Crippen LogP contribution in [-0.4, -0.2) is 172 Å². The van der Waals surface area contributed by atoms with E-state index in [1.807, 2.05) is 11.5 Å². The van der Waals surface area contributed by atoms with Crippen molar-refractivity contribution in [2.75, 3.05) is 19.8 Å². The molecule has 5 fully saturated rings. The van der Waals surface area contributed by atoms with Gasteiger partial charge in [0.05, 0.1) is 31.4 Å². The third-order valence-corrected chi connectivity index (χ3v) is 10.7. The van der Waals surface area contributed by atoms with Crippen LogP contribution >= 0.6 is 11.8 Å². The van der Waals surface area contributed by atoms with Crippen molar-refractivity contribution in [1.29, 1.82) is 0 Å². The van der Waals surface area contributed by atoms with E-state index in [9.17, 15) is 30.6 Å². The molecule has 270 valence electrons. The minimum Gasteiger partial charge on any atom is -0.394 e. The van der Waals surface area contributed by atoms with Crippen LogP contribution in [0.3, 0.4) is 0 Å². The Morgan fingerprint density at radius 1 is 0.745 bits per heavy atom. The molecule has 6 aliphatic rings. The summed E-state index contributed by atoms with van der Waals surface area (Å²) < 4.78 is 47.6. The van der Waals surface area contributed by atoms with Crippen LogP contribution in [-0.2, 0) is 37.9 Å². The first-order valence-electron chi connectivity index (χ1n) is 15.7. The third-order valence-electron chi connectivity index (χ3n) is 9.61. The Morgan fingerprint density at radius 3 is 2.09 bits per heavy atom. The number of rotatable bonds is 8. The van der Waals surface area contributed by atoms with Crippen molar-refractivity contribution in [2.45, 2.75) is 134 Å². The largest absolute Gasteiger partial charge is 0.394 e. The van der Waals surface area contributed by atoms with Crippen LogP contribution in [0.2, 0.25) is 0 Å². The van der Waals surface area contributed by atoms with Crippen molar-refractivity contribution >= 4 is 11.8 Å². The summed E-state index contributed by atoms with van der Waals surface area (Å²) in [6.07, 6.45) is -16.0. The van der Waals surface area contributed by atoms with Gasteiger partial charge in [0.1, 0.15) is 67.1 Å². The van der Waals surface area contributed by atoms with Crippen molar-refractivity contribution in [3.63, 3.8) is 0 Å². The molecule has 1 saturated carbocycles. The van der Waals surface area contributed by atoms with E-state index in [1.54, 1.807) is 0 Å². The quantitative estimate of drug-likeness (QED) is 0.112. The van der Waals surface area contributed by atoms with Crippen LogP contribution in [0.1, 0.15) is 12.8 Å². The molecule has 0 amide bonds. The molecule has 5 heterocycles. The van der Waals surface area contributed by atoms with E-state index >= 15 is 0 Å². The second kappa shape index (κ2) is 14.5. The smallest absolute Gasteiger partial charge is 0.226 e. The first-order chi connectivity index (χ1) is 22.4. The predicted molar refractivity (Wildman–Crippen MR) is 158 cm³/mol. The third kappa shape index (κ3) is 6.87. The van der Waals surface area contributed by atoms with E-state index in [-0.39, 0.29) is 19.6 Å². The Hall–Kier alpha value is -0.670. The lowest BCUT2D eigenvalue weighted by Gasteiger charge is -2.51. The molecule has 16 N–H and O–H groups in total. The van der Waals surface area contributed by atoms with Gasteiger partial charge in [0.25, 0.3) is 0 Å². The topological polar surface area (TPSA) is 325 Å². The fraction of sp³-hybridized carbons (Fsp3) is 0.926. The molecule has 4 saturated heterocycles. The summed E-state index contributed by atoms with van der Waals surface area (Å²) in [6.45, 7) is -0.697. The van der Waals surface area contributed by atoms with E-state index in [0.717, 1.165) is 0 Å². The molecule has 6 rings (SSSR count). The number of aliphatic hydroxyl groups excluding tert-OH is 6. The maximum absolute atomic E-state index is 11.2. The molecule has 0 bridgehead atoms. The molecule has 5 aliphatic heterocycles. The van der Waals surface area contributed by atoms with Gasteiger partial charge >= 0.3 is 0 Å². The SMILES string of the molecule is NCC1O[C@H](O[C@H]2[C@@H](O)[C@H](O[C@@H]3[C@@H](O)[C@H](N)C[C@H](N)[C@H]3O[C@H]3O[C@@H]4COC5(CC=CS5)O[C@H]4[C@H](O)[C@H]3N)O[C@@H]2CO)[C@H](N)[C@@H](O)[C@@H]1O. The highest BCUT2D eigenvalue weighted by Gasteiger charge is 2.56. The Labute approximate surface area is 274 Å². The maximum atomic E-state index is 11.2. The fourth-order valence-corrected chi connectivity index (χ4v) is 7.72. The van der Waals surface area contributed by atoms with Gasteiger partial charge in [-0.1, -0.05) is 17.8 Å². The van der Waals surface area contributed by atoms with Crippen LogP contribution in [0.5, 0.6) is 0 Å². The normalized spacial score (nSPS) is 55.0. The van der Waals surface area contributed by atoms with E-state index in [1.165, 1.54) is 11.8 Å². The molecular formula is C27H47N5O14S. The Morgan fingerprint density at radius 2 is 1.40 bits per heavy atom. The molecule has 47 heavy (non-hydrogen) atoms. The van der Waals surface area contributed by atoms with Crippen LogP contribution < -0.4 is 28.7 Å². The van der Waals surface area contributed by atoms with Crippen LogP contribution in [0.15, 0.2) is 11.5 Å². The number of ether oxygens (including phenoxy) is 8. The fourth-order valence-electron chi connectivity index (χ4n) is 6.83. The van der Waals surface area contributed by atoms with E-state index < -0.39 is 128 Å². The molecule has 0 aromatic rings. The zero-order valence-corrected chi connectivity index (χ0v) is 26.2. The summed E-state index contributed by atoms with van der Waals surface area (Å²) >= 11 is 1.35. The molecule has 0 radical (unpaired) electrons. The molecule has 20 atom stereocenters. The van der Waals surface area contributed by atoms with Gasteiger partial charge in [0.2, 0.25) is 5.12 Å². The second-order valence-corrected chi connectivity index (χ2v) is 13.9. The van der Waals surface area contributed by atoms with Crippen LogP contribution in [0.25, 0.3) is 0 Å². The Kier molecular flexibility index (Phi) is 11.2. The molecule has 0 aromatic carbocycles. The summed E-state index contributed by atoms with van der Waals surface area (Å²) in [4.78, 5) is 0. The number of nitrogens with two attached hydrogens (primary N) is 5. The summed E-state index contributed by atoms with van der Waals surface area (Å²) in [7, 11) is 0. The van der Waals surface area contributed by atoms with Gasteiger partial charge in [-0.25, -0.2) is 0 Å². The summed E-state index contributed by atoms with van der Waals surface area (Å²) in [6, 6.07) is -4.00. The van der Waals surface area contributed by atoms with E-state index in [2.05, 4.69) is 0 Å². The highest BCUT2D eigenvalue weighted by atomic mass is 32.2. The summed E-state index contributed by atoms with van der Waals surface area (Å²) in [5, 5.41) is 65.0. The first-order valence-corrected chi connectivity index (χ1v) is 16.6. The van der Waals surface area contributed by atoms with Crippen LogP contribution in [0, 0.1) is 0 Å². The molecule has 2 unspecified atom stereocenters. The minimum absolute atomic E-state index is 0.0928. The van der Waals surface area contributed by atoms with Crippen molar-refractivity contribution in [1.82, 2.24) is 0 Å². The second-order valence-electron chi connectivity index (χ2n) is 12.8. The monoisotopic (exact) mass is 697 g/mol. The summed E-state index contributed by atoms with van der Waals surface area (Å²) in [5.74, 6) is 0. The molecule has 1 spiro atoms. The first kappa shape index (κ1) is 36.1. The van der Waals surface area contributed by atoms with Crippen molar-refractivity contribution in [3.05, 3.63) is 11.5 Å². The van der Waals surface area contributed by atoms with Gasteiger partial charge in [-0.3, -0.25) is 0 Å². The zero-order chi connectivity index (χ0) is 33.8. The predicted octanol–water partition coefficient (Wildman–Crippen LogP) is -6.50. The van der Waals surface area contributed by atoms with Crippen molar-refractivity contribution in [2.24, 2.45) is 28.7 Å². The van der Waals surface area contributed by atoms with Gasteiger partial charge in [-0.05, 0) is 11.8 Å². The zero-order valence-electron chi connectivity index (χ0n) is 25.4. The van der Waals surface area contributed by atoms with Gasteiger partial charge in [0.15, 0.2) is 18.9 Å². The highest BCUT2D eigenvalue weighted by molar-refractivity contribution is 8.03. The minimum atomic E-state index is -1.59. The standard InChI is InChI=1S/C27H47N5O14S/c28-5-10-16(35)17(36)13(31)24(40-10)44-21-11(6-33)41-26(19(21)38)45-23-15(34)8(29)4-9(30)20(23)43-25-14(32)18(37)22-12(42-25)7-39-27(46-22)2-1-3-47-27/h1,3,8-26,33-38H,2,4-7,28-32H2/t8-,9+,10?,11-,12-,13-,14-,15+,16-,17-,18-,19-,20-,21-,22-,23-,24-,25-,26+,27?/m1/s1. The number of hydrogen-bond acceptors (Lipinski definition) is 20. The highest BCUT2D eigenvalue weighted by Crippen LogP contribution is 2.45. The summed E-state index contributed by atoms with van der Waals surface area (Å²) in [5.41, 5.74) is 30.7. The lowest BCUT2D eigenvalue weighted by molar-refractivity contribution is -0.360. The van der Waals surface area contributed by atoms with Crippen molar-refractivity contribution < 1.29 is 68.5 Å². The molecule has 0 aromatic heterocycles. The lowest BCUT2D eigenvalue weighted by atomic mass is 9.84. The number of thioether (sulfide) groups is 1. The molecular weight excluding hydrogens is 650 g/mol. The molecule has 19 nitrogen and oxygen atoms in total. The Bertz CT molecular complexity index is 1090. The molecule has 1 aliphatic carbocycles. The van der Waals surface area contributed by atoms with Gasteiger partial charge < -0.3 is 97.2 Å². The number of hydrogen-bond donors (Lipinski definition) is 11. The maximum Gasteiger partial charge on any atom is 0.226 e. The van der Waals surface area contributed by atoms with Gasteiger partial charge in [-0.2, -0.15) is 0 Å². The van der Waals surface area contributed by atoms with Gasteiger partial charge in [-0.15, -0.1) is 0 Å². The van der Waals surface area contributed by atoms with Crippen LogP contribution in [0.4, 0.5) is 0 Å². The Balaban J connectivity index is 1.14. The van der Waals surface area contributed by atoms with E-state index in [0.29, 0.717) is 6.42 Å². The van der Waals surface area contributed by atoms with E-state index in [4.69, 9.17) is 66.6 Å². The van der Waals surface area contributed by atoms with Gasteiger partial charge in [0, 0.05) is 25.0 Å². The van der Waals surface area contributed by atoms with Crippen molar-refractivity contribution in [3.8, 4) is 0 Å². The number of fused-ring (bicyclic) bond motifs is 1. The molecule has 20 heteroatoms. The average Bonchev–Trinajstić information content (AvgIpc) is 3.63. The number of aliphatic hydroxyl groups is 6. The average molecular weight is 698 g/mol. The lowest BCUT2D eigenvalue weighted by Crippen LogP contribution is -2.70.